The Hall–Kier alpha value is -3.23. The Morgan fingerprint density at radius 3 is 2.59 bits per heavy atom. The van der Waals surface area contributed by atoms with E-state index in [2.05, 4.69) is 58.7 Å². The number of ketones is 1. The van der Waals surface area contributed by atoms with Crippen molar-refractivity contribution in [1.29, 1.82) is 5.26 Å². The minimum absolute atomic E-state index is 0.126. The fraction of sp³-hybridized carbons (Fsp3) is 0.167. The molecule has 5 heteroatoms. The Morgan fingerprint density at radius 1 is 1.00 bits per heavy atom. The zero-order chi connectivity index (χ0) is 20.2. The molecule has 0 bridgehead atoms. The molecule has 0 fully saturated rings. The van der Waals surface area contributed by atoms with Gasteiger partial charge in [0.1, 0.15) is 10.8 Å². The number of nitriles is 1. The van der Waals surface area contributed by atoms with E-state index in [0.29, 0.717) is 18.6 Å². The van der Waals surface area contributed by atoms with Crippen LogP contribution >= 0.6 is 11.8 Å². The molecule has 3 aromatic carbocycles. The highest BCUT2D eigenvalue weighted by Gasteiger charge is 2.17. The monoisotopic (exact) mass is 397 g/mol. The lowest BCUT2D eigenvalue weighted by Crippen LogP contribution is -2.05. The lowest BCUT2D eigenvalue weighted by Gasteiger charge is -2.10. The third kappa shape index (κ3) is 4.44. The molecule has 0 aromatic heterocycles. The van der Waals surface area contributed by atoms with Crippen molar-refractivity contribution in [3.8, 4) is 17.2 Å². The lowest BCUT2D eigenvalue weighted by molar-refractivity contribution is -0.114. The normalized spacial score (nSPS) is 13.1. The highest BCUT2D eigenvalue weighted by Crippen LogP contribution is 2.28. The van der Waals surface area contributed by atoms with Gasteiger partial charge in [0.2, 0.25) is 0 Å². The van der Waals surface area contributed by atoms with E-state index >= 15 is 0 Å². The molecule has 0 radical (unpaired) electrons. The molecule has 0 saturated carbocycles. The Balaban J connectivity index is 1.66. The topological polar surface area (TPSA) is 65.6 Å². The van der Waals surface area contributed by atoms with Crippen LogP contribution in [0.3, 0.4) is 0 Å². The number of hydrogen-bond donors (Lipinski definition) is 0. The van der Waals surface area contributed by atoms with Crippen LogP contribution in [0.4, 0.5) is 0 Å². The summed E-state index contributed by atoms with van der Waals surface area (Å²) >= 11 is 1.44. The second kappa shape index (κ2) is 8.42. The van der Waals surface area contributed by atoms with Crippen LogP contribution in [-0.4, -0.2) is 22.3 Å². The molecule has 142 valence electrons. The van der Waals surface area contributed by atoms with Crippen LogP contribution < -0.4 is 0 Å². The molecular weight excluding hydrogens is 378 g/mol. The van der Waals surface area contributed by atoms with Crippen molar-refractivity contribution >= 4 is 39.1 Å². The van der Waals surface area contributed by atoms with Gasteiger partial charge in [0.15, 0.2) is 0 Å². The van der Waals surface area contributed by atoms with Crippen LogP contribution in [0.1, 0.15) is 24.5 Å². The van der Waals surface area contributed by atoms with Crippen molar-refractivity contribution in [3.63, 3.8) is 0 Å². The SMILES string of the molecule is CC(=O)CSC1=NN=C(c2cc(CC#N)cc(-c3ccc4ccccc4c3)c2)C1. The number of nitrogens with zero attached hydrogens (tertiary/aromatic N) is 3. The van der Waals surface area contributed by atoms with Gasteiger partial charge in [-0.25, -0.2) is 0 Å². The van der Waals surface area contributed by atoms with Crippen LogP contribution in [0.15, 0.2) is 70.9 Å². The van der Waals surface area contributed by atoms with Gasteiger partial charge < -0.3 is 0 Å². The molecule has 0 spiro atoms. The molecule has 0 aliphatic carbocycles. The summed E-state index contributed by atoms with van der Waals surface area (Å²) in [6.07, 6.45) is 0.958. The van der Waals surface area contributed by atoms with Crippen molar-refractivity contribution in [1.82, 2.24) is 0 Å². The summed E-state index contributed by atoms with van der Waals surface area (Å²) in [7, 11) is 0. The molecule has 0 unspecified atom stereocenters. The van der Waals surface area contributed by atoms with Gasteiger partial charge in [-0.15, -0.1) is 16.9 Å². The van der Waals surface area contributed by atoms with Gasteiger partial charge in [-0.05, 0) is 58.1 Å². The third-order valence-corrected chi connectivity index (χ3v) is 5.85. The number of fused-ring (bicyclic) bond motifs is 1. The van der Waals surface area contributed by atoms with E-state index in [1.165, 1.54) is 22.5 Å². The second-order valence-corrected chi connectivity index (χ2v) is 8.07. The first-order valence-corrected chi connectivity index (χ1v) is 10.4. The lowest BCUT2D eigenvalue weighted by atomic mass is 9.94. The quantitative estimate of drug-likeness (QED) is 0.579. The molecule has 4 rings (SSSR count). The van der Waals surface area contributed by atoms with E-state index in [4.69, 9.17) is 0 Å². The summed E-state index contributed by atoms with van der Waals surface area (Å²) in [6, 6.07) is 23.1. The maximum absolute atomic E-state index is 11.2. The average molecular weight is 398 g/mol. The zero-order valence-corrected chi connectivity index (χ0v) is 16.9. The number of rotatable bonds is 5. The molecule has 29 heavy (non-hydrogen) atoms. The minimum atomic E-state index is 0.126. The number of thioether (sulfide) groups is 1. The molecule has 0 N–H and O–H groups in total. The van der Waals surface area contributed by atoms with Gasteiger partial charge in [0.05, 0.1) is 24.0 Å². The van der Waals surface area contributed by atoms with E-state index in [1.54, 1.807) is 6.92 Å². The predicted octanol–water partition coefficient (Wildman–Crippen LogP) is 5.40. The van der Waals surface area contributed by atoms with Gasteiger partial charge in [0.25, 0.3) is 0 Å². The minimum Gasteiger partial charge on any atom is -0.299 e. The number of benzene rings is 3. The fourth-order valence-corrected chi connectivity index (χ4v) is 4.05. The van der Waals surface area contributed by atoms with Crippen molar-refractivity contribution in [2.75, 3.05) is 5.75 Å². The maximum atomic E-state index is 11.2. The average Bonchev–Trinajstić information content (AvgIpc) is 3.21. The van der Waals surface area contributed by atoms with Crippen molar-refractivity contribution in [2.45, 2.75) is 19.8 Å². The Bertz CT molecular complexity index is 1200. The first-order valence-electron chi connectivity index (χ1n) is 9.38. The summed E-state index contributed by atoms with van der Waals surface area (Å²) in [4.78, 5) is 11.2. The third-order valence-electron chi connectivity index (χ3n) is 4.73. The smallest absolute Gasteiger partial charge is 0.140 e. The van der Waals surface area contributed by atoms with Crippen molar-refractivity contribution in [2.24, 2.45) is 10.2 Å². The maximum Gasteiger partial charge on any atom is 0.140 e. The van der Waals surface area contributed by atoms with Crippen molar-refractivity contribution < 1.29 is 4.79 Å². The molecule has 1 heterocycles. The van der Waals surface area contributed by atoms with Crippen molar-refractivity contribution in [3.05, 3.63) is 71.8 Å². The van der Waals surface area contributed by atoms with Gasteiger partial charge in [0, 0.05) is 6.42 Å². The summed E-state index contributed by atoms with van der Waals surface area (Å²) in [5.41, 5.74) is 4.98. The highest BCUT2D eigenvalue weighted by atomic mass is 32.2. The Labute approximate surface area is 174 Å². The number of carbonyl (C=O) groups is 1. The summed E-state index contributed by atoms with van der Waals surface area (Å²) in [5, 5.41) is 21.0. The van der Waals surface area contributed by atoms with Gasteiger partial charge in [-0.3, -0.25) is 4.79 Å². The largest absolute Gasteiger partial charge is 0.299 e. The van der Waals surface area contributed by atoms with E-state index in [-0.39, 0.29) is 5.78 Å². The second-order valence-electron chi connectivity index (χ2n) is 7.02. The first-order chi connectivity index (χ1) is 14.1. The molecule has 3 aromatic rings. The summed E-state index contributed by atoms with van der Waals surface area (Å²) in [6.45, 7) is 1.57. The van der Waals surface area contributed by atoms with E-state index in [1.807, 2.05) is 18.2 Å². The predicted molar refractivity (Wildman–Crippen MR) is 120 cm³/mol. The van der Waals surface area contributed by atoms with Gasteiger partial charge >= 0.3 is 0 Å². The van der Waals surface area contributed by atoms with E-state index < -0.39 is 0 Å². The molecular formula is C24H19N3OS. The fourth-order valence-electron chi connectivity index (χ4n) is 3.34. The Morgan fingerprint density at radius 2 is 1.79 bits per heavy atom. The van der Waals surface area contributed by atoms with Gasteiger partial charge in [-0.2, -0.15) is 10.4 Å². The molecule has 0 atom stereocenters. The zero-order valence-electron chi connectivity index (χ0n) is 16.1. The van der Waals surface area contributed by atoms with Crippen LogP contribution in [0.25, 0.3) is 21.9 Å². The molecule has 4 nitrogen and oxygen atoms in total. The number of carbonyl (C=O) groups excluding carboxylic acids is 1. The van der Waals surface area contributed by atoms with E-state index in [9.17, 15) is 10.1 Å². The number of hydrogen-bond acceptors (Lipinski definition) is 5. The molecule has 0 saturated heterocycles. The van der Waals surface area contributed by atoms with E-state index in [0.717, 1.165) is 33.0 Å². The summed E-state index contributed by atoms with van der Waals surface area (Å²) in [5.74, 6) is 0.541. The molecule has 0 amide bonds. The van der Waals surface area contributed by atoms with Crippen LogP contribution in [-0.2, 0) is 11.2 Å². The standard InChI is InChI=1S/C24H19N3OS/c1-16(28)15-29-24-14-23(26-27-24)22-11-17(8-9-25)10-21(13-22)20-7-6-18-4-2-3-5-19(18)12-20/h2-7,10-13H,8,14-15H2,1H3. The van der Waals surface area contributed by atoms with Crippen LogP contribution in [0.5, 0.6) is 0 Å². The first kappa shape index (κ1) is 19.1. The Kier molecular flexibility index (Phi) is 5.55. The molecule has 1 aliphatic heterocycles. The highest BCUT2D eigenvalue weighted by molar-refractivity contribution is 8.14. The summed E-state index contributed by atoms with van der Waals surface area (Å²) < 4.78 is 0. The molecule has 1 aliphatic rings. The van der Waals surface area contributed by atoms with Gasteiger partial charge in [-0.1, -0.05) is 42.5 Å². The van der Waals surface area contributed by atoms with Crippen LogP contribution in [0.2, 0.25) is 0 Å². The van der Waals surface area contributed by atoms with Crippen LogP contribution in [0, 0.1) is 11.3 Å². The number of Topliss-reactive ketones (excluding diaryl/α,β-unsaturated/α-hetero) is 1.